The lowest BCUT2D eigenvalue weighted by Gasteiger charge is -2.19. The van der Waals surface area contributed by atoms with Gasteiger partial charge in [-0.15, -0.1) is 0 Å². The number of carbonyl (C=O) groups is 1. The van der Waals surface area contributed by atoms with Gasteiger partial charge in [0.2, 0.25) is 4.77 Å². The summed E-state index contributed by atoms with van der Waals surface area (Å²) in [6, 6.07) is 0. The first-order valence-corrected chi connectivity index (χ1v) is 4.82. The fourth-order valence-corrected chi connectivity index (χ4v) is 1.11. The molecule has 0 saturated carbocycles. The Hall–Kier alpha value is -1.37. The topological polar surface area (TPSA) is 75.1 Å². The number of ether oxygens (including phenoxy) is 1. The van der Waals surface area contributed by atoms with E-state index in [1.54, 1.807) is 20.8 Å². The largest absolute Gasteiger partial charge is 0.459 e. The Labute approximate surface area is 92.6 Å². The molecule has 1 aromatic heterocycles. The van der Waals surface area contributed by atoms with Crippen LogP contribution in [0.25, 0.3) is 0 Å². The maximum Gasteiger partial charge on any atom is 0.328 e. The van der Waals surface area contributed by atoms with Crippen molar-refractivity contribution in [3.05, 3.63) is 11.1 Å². The number of hydrogen-bond acceptors (Lipinski definition) is 5. The average Bonchev–Trinajstić information content (AvgIpc) is 2.32. The van der Waals surface area contributed by atoms with Crippen LogP contribution < -0.4 is 5.84 Å². The summed E-state index contributed by atoms with van der Waals surface area (Å²) in [7, 11) is 0. The van der Waals surface area contributed by atoms with E-state index in [2.05, 4.69) is 5.10 Å². The van der Waals surface area contributed by atoms with E-state index < -0.39 is 11.6 Å². The predicted octanol–water partition coefficient (Wildman–Crippen LogP) is 0.470. The molecule has 84 valence electrons. The fourth-order valence-electron chi connectivity index (χ4n) is 0.955. The molecule has 0 aliphatic rings. The molecule has 6 nitrogen and oxygen atoms in total. The highest BCUT2D eigenvalue weighted by molar-refractivity contribution is 7.71. The number of nitrogen functional groups attached to an aromatic ring is 1. The minimum Gasteiger partial charge on any atom is -0.459 e. The molecule has 0 aliphatic heterocycles. The van der Waals surface area contributed by atoms with Gasteiger partial charge in [-0.2, -0.15) is 5.10 Å². The molecular weight excluding hydrogens is 216 g/mol. The molecular formula is C8H14N4O2S. The third-order valence-corrected chi connectivity index (χ3v) is 1.88. The van der Waals surface area contributed by atoms with Gasteiger partial charge in [-0.3, -0.25) is 4.79 Å². The third-order valence-electron chi connectivity index (χ3n) is 1.46. The van der Waals surface area contributed by atoms with Crippen LogP contribution in [-0.4, -0.2) is 26.0 Å². The first-order chi connectivity index (χ1) is 6.79. The van der Waals surface area contributed by atoms with Crippen LogP contribution in [-0.2, 0) is 16.1 Å². The van der Waals surface area contributed by atoms with E-state index in [9.17, 15) is 4.79 Å². The Bertz CT molecular complexity index is 415. The van der Waals surface area contributed by atoms with Crippen molar-refractivity contribution in [1.82, 2.24) is 14.5 Å². The van der Waals surface area contributed by atoms with E-state index in [1.807, 2.05) is 0 Å². The molecule has 7 heteroatoms. The summed E-state index contributed by atoms with van der Waals surface area (Å²) in [6.45, 7) is 5.36. The first kappa shape index (κ1) is 11.7. The molecule has 0 spiro atoms. The Balaban J connectivity index is 2.68. The smallest absolute Gasteiger partial charge is 0.328 e. The second-order valence-electron chi connectivity index (χ2n) is 4.06. The van der Waals surface area contributed by atoms with Gasteiger partial charge < -0.3 is 10.6 Å². The van der Waals surface area contributed by atoms with Crippen molar-refractivity contribution < 1.29 is 9.53 Å². The van der Waals surface area contributed by atoms with Gasteiger partial charge in [-0.1, -0.05) is 0 Å². The van der Waals surface area contributed by atoms with Gasteiger partial charge >= 0.3 is 5.97 Å². The van der Waals surface area contributed by atoms with Crippen LogP contribution in [0.2, 0.25) is 0 Å². The summed E-state index contributed by atoms with van der Waals surface area (Å²) in [6.07, 6.45) is 1.34. The number of rotatable bonds is 2. The molecule has 0 radical (unpaired) electrons. The highest BCUT2D eigenvalue weighted by Gasteiger charge is 2.17. The zero-order valence-electron chi connectivity index (χ0n) is 8.93. The Morgan fingerprint density at radius 2 is 2.27 bits per heavy atom. The zero-order valence-corrected chi connectivity index (χ0v) is 9.74. The number of carbonyl (C=O) groups excluding carboxylic acids is 1. The standard InChI is InChI=1S/C8H14N4O2S/c1-8(2,3)14-6(13)4-12-7(15)11(9)5-10-12/h5H,4,9H2,1-3H3. The van der Waals surface area contributed by atoms with Crippen LogP contribution in [0, 0.1) is 4.77 Å². The van der Waals surface area contributed by atoms with Gasteiger partial charge in [0.15, 0.2) is 0 Å². The van der Waals surface area contributed by atoms with Crippen LogP contribution in [0.1, 0.15) is 20.8 Å². The van der Waals surface area contributed by atoms with E-state index in [0.717, 1.165) is 0 Å². The van der Waals surface area contributed by atoms with E-state index in [-0.39, 0.29) is 11.3 Å². The first-order valence-electron chi connectivity index (χ1n) is 4.41. The van der Waals surface area contributed by atoms with Crippen molar-refractivity contribution >= 4 is 18.2 Å². The van der Waals surface area contributed by atoms with Crippen molar-refractivity contribution in [3.8, 4) is 0 Å². The Morgan fingerprint density at radius 3 is 2.67 bits per heavy atom. The number of nitrogens with zero attached hydrogens (tertiary/aromatic N) is 3. The normalized spacial score (nSPS) is 11.4. The average molecular weight is 230 g/mol. The van der Waals surface area contributed by atoms with Gasteiger partial charge in [-0.05, 0) is 33.0 Å². The summed E-state index contributed by atoms with van der Waals surface area (Å²) in [5, 5.41) is 3.83. The predicted molar refractivity (Wildman–Crippen MR) is 57.0 cm³/mol. The van der Waals surface area contributed by atoms with E-state index in [1.165, 1.54) is 15.7 Å². The van der Waals surface area contributed by atoms with Crippen LogP contribution in [0.15, 0.2) is 6.33 Å². The minimum atomic E-state index is -0.509. The molecule has 0 saturated heterocycles. The van der Waals surface area contributed by atoms with Crippen molar-refractivity contribution in [2.75, 3.05) is 5.84 Å². The third kappa shape index (κ3) is 3.35. The second kappa shape index (κ2) is 4.01. The summed E-state index contributed by atoms with van der Waals surface area (Å²) < 4.78 is 7.86. The molecule has 15 heavy (non-hydrogen) atoms. The molecule has 0 aliphatic carbocycles. The molecule has 0 bridgehead atoms. The minimum absolute atomic E-state index is 0.0275. The lowest BCUT2D eigenvalue weighted by Crippen LogP contribution is -2.27. The van der Waals surface area contributed by atoms with Crippen LogP contribution in [0.3, 0.4) is 0 Å². The molecule has 0 unspecified atom stereocenters. The SMILES string of the molecule is CC(C)(C)OC(=O)Cn1ncn(N)c1=S. The van der Waals surface area contributed by atoms with Crippen LogP contribution in [0.5, 0.6) is 0 Å². The Kier molecular flexibility index (Phi) is 3.13. The number of aromatic nitrogens is 3. The summed E-state index contributed by atoms with van der Waals surface area (Å²) in [4.78, 5) is 11.4. The lowest BCUT2D eigenvalue weighted by molar-refractivity contribution is -0.155. The van der Waals surface area contributed by atoms with Crippen molar-refractivity contribution in [2.24, 2.45) is 0 Å². The van der Waals surface area contributed by atoms with E-state index in [0.29, 0.717) is 0 Å². The van der Waals surface area contributed by atoms with Crippen LogP contribution >= 0.6 is 12.2 Å². The second-order valence-corrected chi connectivity index (χ2v) is 4.43. The monoisotopic (exact) mass is 230 g/mol. The number of hydrogen-bond donors (Lipinski definition) is 1. The Morgan fingerprint density at radius 1 is 1.67 bits per heavy atom. The summed E-state index contributed by atoms with van der Waals surface area (Å²) in [5.74, 6) is 5.03. The molecule has 0 fully saturated rings. The quantitative estimate of drug-likeness (QED) is 0.454. The van der Waals surface area contributed by atoms with Gasteiger partial charge in [0.25, 0.3) is 0 Å². The highest BCUT2D eigenvalue weighted by atomic mass is 32.1. The molecule has 0 atom stereocenters. The number of nitrogens with two attached hydrogens (primary N) is 1. The van der Waals surface area contributed by atoms with Crippen LogP contribution in [0.4, 0.5) is 0 Å². The zero-order chi connectivity index (χ0) is 11.6. The van der Waals surface area contributed by atoms with Gasteiger partial charge in [0.05, 0.1) is 0 Å². The van der Waals surface area contributed by atoms with E-state index in [4.69, 9.17) is 22.8 Å². The van der Waals surface area contributed by atoms with Gasteiger partial charge in [-0.25, -0.2) is 9.36 Å². The van der Waals surface area contributed by atoms with Crippen molar-refractivity contribution in [2.45, 2.75) is 32.9 Å². The fraction of sp³-hybridized carbons (Fsp3) is 0.625. The highest BCUT2D eigenvalue weighted by Crippen LogP contribution is 2.07. The van der Waals surface area contributed by atoms with Gasteiger partial charge in [0.1, 0.15) is 18.5 Å². The van der Waals surface area contributed by atoms with E-state index >= 15 is 0 Å². The van der Waals surface area contributed by atoms with Crippen molar-refractivity contribution in [1.29, 1.82) is 0 Å². The molecule has 0 aromatic carbocycles. The number of esters is 1. The molecule has 0 amide bonds. The van der Waals surface area contributed by atoms with Gasteiger partial charge in [0, 0.05) is 0 Å². The van der Waals surface area contributed by atoms with Crippen molar-refractivity contribution in [3.63, 3.8) is 0 Å². The summed E-state index contributed by atoms with van der Waals surface area (Å²) >= 11 is 4.92. The molecule has 1 aromatic rings. The lowest BCUT2D eigenvalue weighted by atomic mass is 10.2. The maximum atomic E-state index is 11.4. The molecule has 2 N–H and O–H groups in total. The molecule has 1 rings (SSSR count). The molecule has 1 heterocycles. The summed E-state index contributed by atoms with van der Waals surface area (Å²) in [5.41, 5.74) is -0.509. The maximum absolute atomic E-state index is 11.4.